The SMILES string of the molecule is O=C1C2CC=CCC1(c1ccccc1)C(c1ccccc1)=N2. The number of nitrogens with zero attached hydrogens (tertiary/aromatic N) is 1. The maximum atomic E-state index is 13.2. The van der Waals surface area contributed by atoms with Crippen LogP contribution in [-0.2, 0) is 10.2 Å². The second-order valence-corrected chi connectivity index (χ2v) is 5.91. The highest BCUT2D eigenvalue weighted by molar-refractivity contribution is 6.27. The summed E-state index contributed by atoms with van der Waals surface area (Å²) >= 11 is 0. The van der Waals surface area contributed by atoms with Gasteiger partial charge in [-0.1, -0.05) is 72.8 Å². The molecular formula is C20H17NO. The predicted molar refractivity (Wildman–Crippen MR) is 88.3 cm³/mol. The fraction of sp³-hybridized carbons (Fsp3) is 0.200. The lowest BCUT2D eigenvalue weighted by Crippen LogP contribution is -2.41. The van der Waals surface area contributed by atoms with Crippen molar-refractivity contribution in [1.29, 1.82) is 0 Å². The summed E-state index contributed by atoms with van der Waals surface area (Å²) in [6.07, 6.45) is 5.64. The van der Waals surface area contributed by atoms with Crippen molar-refractivity contribution in [2.45, 2.75) is 24.3 Å². The van der Waals surface area contributed by atoms with Gasteiger partial charge in [-0.3, -0.25) is 9.79 Å². The standard InChI is InChI=1S/C20H17NO/c22-19-17-13-7-8-14-20(19,16-11-5-2-6-12-16)18(21-17)15-9-3-1-4-10-15/h1-12,17H,13-14H2. The number of aliphatic imine (C=N–C) groups is 1. The Morgan fingerprint density at radius 1 is 0.909 bits per heavy atom. The first-order valence-corrected chi connectivity index (χ1v) is 7.71. The second kappa shape index (κ2) is 5.06. The molecule has 1 aliphatic carbocycles. The van der Waals surface area contributed by atoms with Crippen molar-refractivity contribution in [3.63, 3.8) is 0 Å². The van der Waals surface area contributed by atoms with Crippen molar-refractivity contribution in [1.82, 2.24) is 0 Å². The van der Waals surface area contributed by atoms with Crippen LogP contribution in [0, 0.1) is 0 Å². The fourth-order valence-electron chi connectivity index (χ4n) is 3.60. The first-order valence-electron chi connectivity index (χ1n) is 7.71. The Labute approximate surface area is 130 Å². The Kier molecular flexibility index (Phi) is 3.04. The number of carbonyl (C=O) groups excluding carboxylic acids is 1. The molecule has 2 aliphatic rings. The summed E-state index contributed by atoms with van der Waals surface area (Å²) in [7, 11) is 0. The van der Waals surface area contributed by atoms with Crippen molar-refractivity contribution in [2.24, 2.45) is 4.99 Å². The van der Waals surface area contributed by atoms with Crippen LogP contribution in [0.5, 0.6) is 0 Å². The minimum absolute atomic E-state index is 0.238. The highest BCUT2D eigenvalue weighted by Gasteiger charge is 2.52. The van der Waals surface area contributed by atoms with Gasteiger partial charge in [0.05, 0.1) is 5.71 Å². The van der Waals surface area contributed by atoms with E-state index >= 15 is 0 Å². The molecule has 2 atom stereocenters. The molecule has 0 N–H and O–H groups in total. The maximum Gasteiger partial charge on any atom is 0.174 e. The molecule has 2 aromatic rings. The van der Waals surface area contributed by atoms with Gasteiger partial charge in [-0.2, -0.15) is 0 Å². The largest absolute Gasteiger partial charge is 0.296 e. The highest BCUT2D eigenvalue weighted by Crippen LogP contribution is 2.42. The van der Waals surface area contributed by atoms with Gasteiger partial charge in [0, 0.05) is 0 Å². The van der Waals surface area contributed by atoms with E-state index in [0.29, 0.717) is 12.8 Å². The van der Waals surface area contributed by atoms with Crippen LogP contribution in [0.2, 0.25) is 0 Å². The van der Waals surface area contributed by atoms with Crippen molar-refractivity contribution in [3.05, 3.63) is 83.9 Å². The molecule has 108 valence electrons. The van der Waals surface area contributed by atoms with E-state index in [4.69, 9.17) is 4.99 Å². The van der Waals surface area contributed by atoms with Crippen LogP contribution in [0.1, 0.15) is 24.0 Å². The predicted octanol–water partition coefficient (Wildman–Crippen LogP) is 3.72. The number of Topliss-reactive ketones (excluding diaryl/α,β-unsaturated/α-hetero) is 1. The number of benzene rings is 2. The molecule has 0 amide bonds. The van der Waals surface area contributed by atoms with Crippen molar-refractivity contribution >= 4 is 11.5 Å². The Morgan fingerprint density at radius 3 is 2.32 bits per heavy atom. The molecule has 0 fully saturated rings. The molecule has 0 aromatic heterocycles. The van der Waals surface area contributed by atoms with Crippen LogP contribution in [0.4, 0.5) is 0 Å². The van der Waals surface area contributed by atoms with Crippen molar-refractivity contribution in [2.75, 3.05) is 0 Å². The third-order valence-electron chi connectivity index (χ3n) is 4.68. The topological polar surface area (TPSA) is 29.4 Å². The van der Waals surface area contributed by atoms with E-state index < -0.39 is 5.41 Å². The molecule has 2 bridgehead atoms. The van der Waals surface area contributed by atoms with E-state index in [1.165, 1.54) is 0 Å². The molecular weight excluding hydrogens is 270 g/mol. The number of hydrogen-bond acceptors (Lipinski definition) is 2. The van der Waals surface area contributed by atoms with E-state index in [0.717, 1.165) is 16.8 Å². The van der Waals surface area contributed by atoms with E-state index in [2.05, 4.69) is 36.4 Å². The summed E-state index contributed by atoms with van der Waals surface area (Å²) in [5.41, 5.74) is 2.41. The van der Waals surface area contributed by atoms with Gasteiger partial charge < -0.3 is 0 Å². The average molecular weight is 287 g/mol. The second-order valence-electron chi connectivity index (χ2n) is 5.91. The quantitative estimate of drug-likeness (QED) is 0.774. The molecule has 22 heavy (non-hydrogen) atoms. The van der Waals surface area contributed by atoms with Gasteiger partial charge in [-0.05, 0) is 24.0 Å². The van der Waals surface area contributed by atoms with Crippen molar-refractivity contribution < 1.29 is 4.79 Å². The van der Waals surface area contributed by atoms with Crippen LogP contribution >= 0.6 is 0 Å². The Morgan fingerprint density at radius 2 is 1.59 bits per heavy atom. The van der Waals surface area contributed by atoms with Gasteiger partial charge in [-0.25, -0.2) is 0 Å². The zero-order valence-electron chi connectivity index (χ0n) is 12.3. The summed E-state index contributed by atoms with van der Waals surface area (Å²) in [6.45, 7) is 0. The van der Waals surface area contributed by atoms with E-state index in [-0.39, 0.29) is 11.8 Å². The van der Waals surface area contributed by atoms with Crippen LogP contribution in [-0.4, -0.2) is 17.5 Å². The van der Waals surface area contributed by atoms with Crippen LogP contribution < -0.4 is 0 Å². The molecule has 0 spiro atoms. The molecule has 2 unspecified atom stereocenters. The average Bonchev–Trinajstić information content (AvgIpc) is 2.74. The smallest absolute Gasteiger partial charge is 0.174 e. The fourth-order valence-corrected chi connectivity index (χ4v) is 3.60. The van der Waals surface area contributed by atoms with E-state index in [1.807, 2.05) is 36.4 Å². The summed E-state index contributed by atoms with van der Waals surface area (Å²) in [5, 5.41) is 0. The number of carbonyl (C=O) groups is 1. The summed E-state index contributed by atoms with van der Waals surface area (Å²) in [5.74, 6) is 0.238. The zero-order chi connectivity index (χ0) is 15.0. The lowest BCUT2D eigenvalue weighted by molar-refractivity contribution is -0.122. The molecule has 1 aliphatic heterocycles. The van der Waals surface area contributed by atoms with Crippen LogP contribution in [0.25, 0.3) is 0 Å². The molecule has 4 rings (SSSR count). The van der Waals surface area contributed by atoms with Gasteiger partial charge >= 0.3 is 0 Å². The molecule has 0 saturated carbocycles. The summed E-state index contributed by atoms with van der Waals surface area (Å²) < 4.78 is 0. The molecule has 2 aromatic carbocycles. The minimum atomic E-state index is -0.625. The van der Waals surface area contributed by atoms with Crippen molar-refractivity contribution in [3.8, 4) is 0 Å². The summed E-state index contributed by atoms with van der Waals surface area (Å²) in [4.78, 5) is 18.0. The van der Waals surface area contributed by atoms with Gasteiger partial charge in [-0.15, -0.1) is 0 Å². The highest BCUT2D eigenvalue weighted by atomic mass is 16.1. The van der Waals surface area contributed by atoms with Crippen LogP contribution in [0.15, 0.2) is 77.8 Å². The van der Waals surface area contributed by atoms with Crippen LogP contribution in [0.3, 0.4) is 0 Å². The summed E-state index contributed by atoms with van der Waals surface area (Å²) in [6, 6.07) is 20.0. The van der Waals surface area contributed by atoms with Gasteiger partial charge in [0.15, 0.2) is 5.78 Å². The van der Waals surface area contributed by atoms with E-state index in [9.17, 15) is 4.79 Å². The number of hydrogen-bond donors (Lipinski definition) is 0. The molecule has 2 nitrogen and oxygen atoms in total. The Bertz CT molecular complexity index is 761. The third-order valence-corrected chi connectivity index (χ3v) is 4.68. The maximum absolute atomic E-state index is 13.2. The number of fused-ring (bicyclic) bond motifs is 2. The Balaban J connectivity index is 1.95. The lowest BCUT2D eigenvalue weighted by atomic mass is 9.69. The lowest BCUT2D eigenvalue weighted by Gasteiger charge is -2.29. The minimum Gasteiger partial charge on any atom is -0.296 e. The Hall–Kier alpha value is -2.48. The zero-order valence-corrected chi connectivity index (χ0v) is 12.3. The molecule has 1 heterocycles. The molecule has 0 radical (unpaired) electrons. The molecule has 0 saturated heterocycles. The third kappa shape index (κ3) is 1.80. The first-order chi connectivity index (χ1) is 10.8. The first kappa shape index (κ1) is 13.2. The molecule has 2 heteroatoms. The number of allylic oxidation sites excluding steroid dienone is 1. The van der Waals surface area contributed by atoms with Gasteiger partial charge in [0.2, 0.25) is 0 Å². The number of ketones is 1. The number of rotatable bonds is 2. The normalized spacial score (nSPS) is 26.6. The van der Waals surface area contributed by atoms with Gasteiger partial charge in [0.25, 0.3) is 0 Å². The van der Waals surface area contributed by atoms with Gasteiger partial charge in [0.1, 0.15) is 11.5 Å². The monoisotopic (exact) mass is 287 g/mol. The van der Waals surface area contributed by atoms with E-state index in [1.54, 1.807) is 0 Å².